The second kappa shape index (κ2) is 12.0. The zero-order valence-corrected chi connectivity index (χ0v) is 16.3. The maximum Gasteiger partial charge on any atom is 0.344 e. The molecular formula is C22H24N2O5. The molecule has 0 saturated carbocycles. The fraction of sp³-hybridized carbons (Fsp3) is 0.227. The van der Waals surface area contributed by atoms with Crippen LogP contribution in [-0.2, 0) is 20.7 Å². The van der Waals surface area contributed by atoms with Crippen molar-refractivity contribution in [1.29, 1.82) is 0 Å². The largest absolute Gasteiger partial charge is 0.483 e. The van der Waals surface area contributed by atoms with Crippen molar-refractivity contribution in [3.8, 4) is 11.5 Å². The highest BCUT2D eigenvalue weighted by Crippen LogP contribution is 2.18. The van der Waals surface area contributed by atoms with E-state index < -0.39 is 11.9 Å². The SMILES string of the molecule is C=CCc1ccccc1OCC(=O)N/N=C/c1ccccc1OCC(=O)OCC. The molecule has 7 nitrogen and oxygen atoms in total. The highest BCUT2D eigenvalue weighted by Gasteiger charge is 2.07. The molecule has 2 aromatic rings. The number of amides is 1. The van der Waals surface area contributed by atoms with Crippen LogP contribution in [0, 0.1) is 0 Å². The fourth-order valence-electron chi connectivity index (χ4n) is 2.38. The van der Waals surface area contributed by atoms with Gasteiger partial charge < -0.3 is 14.2 Å². The van der Waals surface area contributed by atoms with Gasteiger partial charge in [-0.15, -0.1) is 6.58 Å². The first kappa shape index (κ1) is 21.7. The van der Waals surface area contributed by atoms with Gasteiger partial charge in [0.05, 0.1) is 12.8 Å². The molecule has 0 fully saturated rings. The Morgan fingerprint density at radius 1 is 1.03 bits per heavy atom. The summed E-state index contributed by atoms with van der Waals surface area (Å²) in [5, 5.41) is 3.92. The van der Waals surface area contributed by atoms with Gasteiger partial charge in [-0.2, -0.15) is 5.10 Å². The number of hydrazone groups is 1. The van der Waals surface area contributed by atoms with E-state index in [1.165, 1.54) is 6.21 Å². The molecule has 1 amide bonds. The molecule has 152 valence electrons. The Hall–Kier alpha value is -3.61. The van der Waals surface area contributed by atoms with E-state index in [9.17, 15) is 9.59 Å². The number of allylic oxidation sites excluding steroid dienone is 1. The van der Waals surface area contributed by atoms with Crippen LogP contribution in [0.15, 0.2) is 66.3 Å². The molecular weight excluding hydrogens is 372 g/mol. The Morgan fingerprint density at radius 2 is 1.72 bits per heavy atom. The van der Waals surface area contributed by atoms with E-state index in [-0.39, 0.29) is 19.8 Å². The van der Waals surface area contributed by atoms with Crippen molar-refractivity contribution >= 4 is 18.1 Å². The van der Waals surface area contributed by atoms with Crippen molar-refractivity contribution in [3.63, 3.8) is 0 Å². The first-order valence-corrected chi connectivity index (χ1v) is 9.15. The maximum absolute atomic E-state index is 12.0. The van der Waals surface area contributed by atoms with Crippen molar-refractivity contribution < 1.29 is 23.8 Å². The summed E-state index contributed by atoms with van der Waals surface area (Å²) in [4.78, 5) is 23.4. The number of ether oxygens (including phenoxy) is 3. The lowest BCUT2D eigenvalue weighted by atomic mass is 10.1. The minimum absolute atomic E-state index is 0.174. The lowest BCUT2D eigenvalue weighted by Crippen LogP contribution is -2.24. The van der Waals surface area contributed by atoms with Crippen LogP contribution in [-0.4, -0.2) is 37.9 Å². The number of para-hydroxylation sites is 2. The van der Waals surface area contributed by atoms with Crippen molar-refractivity contribution in [2.45, 2.75) is 13.3 Å². The summed E-state index contributed by atoms with van der Waals surface area (Å²) < 4.78 is 15.8. The molecule has 1 N–H and O–H groups in total. The summed E-state index contributed by atoms with van der Waals surface area (Å²) in [5.41, 5.74) is 3.96. The molecule has 2 rings (SSSR count). The van der Waals surface area contributed by atoms with Gasteiger partial charge in [0.2, 0.25) is 0 Å². The summed E-state index contributed by atoms with van der Waals surface area (Å²) in [6, 6.07) is 14.5. The third kappa shape index (κ3) is 7.50. The Bertz CT molecular complexity index is 864. The third-order valence-electron chi connectivity index (χ3n) is 3.66. The van der Waals surface area contributed by atoms with E-state index in [4.69, 9.17) is 14.2 Å². The molecule has 0 bridgehead atoms. The first-order chi connectivity index (χ1) is 14.1. The molecule has 0 aromatic heterocycles. The van der Waals surface area contributed by atoms with Crippen LogP contribution in [0.2, 0.25) is 0 Å². The maximum atomic E-state index is 12.0. The van der Waals surface area contributed by atoms with Crippen LogP contribution in [0.3, 0.4) is 0 Å². The van der Waals surface area contributed by atoms with Gasteiger partial charge in [0.1, 0.15) is 11.5 Å². The standard InChI is InChI=1S/C22H24N2O5/c1-3-9-17-10-5-7-12-19(17)28-15-21(25)24-23-14-18-11-6-8-13-20(18)29-16-22(26)27-4-2/h3,5-8,10-14H,1,4,9,15-16H2,2H3,(H,24,25)/b23-14+. The van der Waals surface area contributed by atoms with E-state index in [0.717, 1.165) is 5.56 Å². The lowest BCUT2D eigenvalue weighted by molar-refractivity contribution is -0.145. The molecule has 7 heteroatoms. The highest BCUT2D eigenvalue weighted by molar-refractivity contribution is 5.85. The van der Waals surface area contributed by atoms with Crippen molar-refractivity contribution in [1.82, 2.24) is 5.43 Å². The lowest BCUT2D eigenvalue weighted by Gasteiger charge is -2.09. The van der Waals surface area contributed by atoms with Gasteiger partial charge in [0, 0.05) is 5.56 Å². The minimum Gasteiger partial charge on any atom is -0.483 e. The fourth-order valence-corrected chi connectivity index (χ4v) is 2.38. The number of nitrogens with one attached hydrogen (secondary N) is 1. The average Bonchev–Trinajstić information content (AvgIpc) is 2.73. The second-order valence-electron chi connectivity index (χ2n) is 5.81. The molecule has 0 saturated heterocycles. The van der Waals surface area contributed by atoms with Crippen molar-refractivity contribution in [2.75, 3.05) is 19.8 Å². The molecule has 0 unspecified atom stereocenters. The molecule has 0 aliphatic rings. The normalized spacial score (nSPS) is 10.4. The molecule has 0 atom stereocenters. The van der Waals surface area contributed by atoms with Crippen molar-refractivity contribution in [2.24, 2.45) is 5.10 Å². The molecule has 29 heavy (non-hydrogen) atoms. The number of carbonyl (C=O) groups excluding carboxylic acids is 2. The predicted octanol–water partition coefficient (Wildman–Crippen LogP) is 2.89. The zero-order chi connectivity index (χ0) is 20.9. The van der Waals surface area contributed by atoms with E-state index >= 15 is 0 Å². The number of carbonyl (C=O) groups is 2. The Balaban J connectivity index is 1.87. The summed E-state index contributed by atoms with van der Waals surface area (Å²) in [5.74, 6) is 0.221. The topological polar surface area (TPSA) is 86.2 Å². The Labute approximate surface area is 170 Å². The number of benzene rings is 2. The van der Waals surface area contributed by atoms with Crippen LogP contribution in [0.4, 0.5) is 0 Å². The van der Waals surface area contributed by atoms with E-state index in [0.29, 0.717) is 23.5 Å². The van der Waals surface area contributed by atoms with Gasteiger partial charge in [-0.25, -0.2) is 10.2 Å². The van der Waals surface area contributed by atoms with Gasteiger partial charge in [-0.05, 0) is 37.1 Å². The summed E-state index contributed by atoms with van der Waals surface area (Å²) in [6.07, 6.45) is 3.86. The minimum atomic E-state index is -0.457. The van der Waals surface area contributed by atoms with Crippen LogP contribution in [0.25, 0.3) is 0 Å². The molecule has 0 aliphatic heterocycles. The summed E-state index contributed by atoms with van der Waals surface area (Å²) in [6.45, 7) is 5.35. The molecule has 2 aromatic carbocycles. The quantitative estimate of drug-likeness (QED) is 0.273. The van der Waals surface area contributed by atoms with Gasteiger partial charge in [-0.1, -0.05) is 36.4 Å². The summed E-state index contributed by atoms with van der Waals surface area (Å²) >= 11 is 0. The van der Waals surface area contributed by atoms with Gasteiger partial charge >= 0.3 is 5.97 Å². The van der Waals surface area contributed by atoms with Crippen LogP contribution in [0.1, 0.15) is 18.1 Å². The zero-order valence-electron chi connectivity index (χ0n) is 16.3. The Kier molecular flexibility index (Phi) is 8.95. The first-order valence-electron chi connectivity index (χ1n) is 9.15. The van der Waals surface area contributed by atoms with Gasteiger partial charge in [0.25, 0.3) is 5.91 Å². The highest BCUT2D eigenvalue weighted by atomic mass is 16.6. The van der Waals surface area contributed by atoms with Crippen LogP contribution >= 0.6 is 0 Å². The Morgan fingerprint density at radius 3 is 2.48 bits per heavy atom. The van der Waals surface area contributed by atoms with Gasteiger partial charge in [0.15, 0.2) is 13.2 Å². The monoisotopic (exact) mass is 396 g/mol. The van der Waals surface area contributed by atoms with Crippen molar-refractivity contribution in [3.05, 3.63) is 72.3 Å². The number of rotatable bonds is 11. The average molecular weight is 396 g/mol. The van der Waals surface area contributed by atoms with Crippen LogP contribution in [0.5, 0.6) is 11.5 Å². The molecule has 0 radical (unpaired) electrons. The predicted molar refractivity (Wildman–Crippen MR) is 110 cm³/mol. The molecule has 0 aliphatic carbocycles. The van der Waals surface area contributed by atoms with E-state index in [1.807, 2.05) is 18.2 Å². The second-order valence-corrected chi connectivity index (χ2v) is 5.81. The third-order valence-corrected chi connectivity index (χ3v) is 3.66. The summed E-state index contributed by atoms with van der Waals surface area (Å²) in [7, 11) is 0. The number of hydrogen-bond donors (Lipinski definition) is 1. The molecule has 0 spiro atoms. The van der Waals surface area contributed by atoms with Gasteiger partial charge in [-0.3, -0.25) is 4.79 Å². The van der Waals surface area contributed by atoms with Crippen LogP contribution < -0.4 is 14.9 Å². The number of nitrogens with zero attached hydrogens (tertiary/aromatic N) is 1. The molecule has 0 heterocycles. The number of hydrogen-bond acceptors (Lipinski definition) is 6. The van der Waals surface area contributed by atoms with E-state index in [2.05, 4.69) is 17.1 Å². The van der Waals surface area contributed by atoms with E-state index in [1.54, 1.807) is 43.3 Å². The number of esters is 1. The smallest absolute Gasteiger partial charge is 0.344 e.